The molecule has 2 aromatic rings. The quantitative estimate of drug-likeness (QED) is 0.340. The molecule has 0 saturated heterocycles. The molecule has 1 heterocycles. The minimum atomic E-state index is 0.104. The number of nitrogens with zero attached hydrogens (tertiary/aromatic N) is 2. The number of rotatable bonds is 4. The molecule has 0 atom stereocenters. The molecule has 5 nitrogen and oxygen atoms in total. The molecule has 0 aliphatic rings. The summed E-state index contributed by atoms with van der Waals surface area (Å²) in [5.41, 5.74) is 1.26. The molecule has 7 heteroatoms. The van der Waals surface area contributed by atoms with Crippen LogP contribution < -0.4 is 14.2 Å². The Morgan fingerprint density at radius 2 is 1.70 bits per heavy atom. The van der Waals surface area contributed by atoms with Crippen molar-refractivity contribution in [3.05, 3.63) is 40.0 Å². The van der Waals surface area contributed by atoms with Crippen LogP contribution in [-0.4, -0.2) is 6.61 Å². The first-order valence-corrected chi connectivity index (χ1v) is 7.87. The molecule has 0 amide bonds. The molecule has 0 saturated carbocycles. The summed E-state index contributed by atoms with van der Waals surface area (Å²) in [4.78, 5) is 0. The summed E-state index contributed by atoms with van der Waals surface area (Å²) >= 11 is 6.46. The van der Waals surface area contributed by atoms with Gasteiger partial charge in [0.2, 0.25) is 0 Å². The van der Waals surface area contributed by atoms with Crippen LogP contribution in [0, 0.1) is 22.8 Å². The van der Waals surface area contributed by atoms with Crippen molar-refractivity contribution in [3.8, 4) is 18.1 Å². The van der Waals surface area contributed by atoms with Crippen molar-refractivity contribution in [3.63, 3.8) is 0 Å². The van der Waals surface area contributed by atoms with Crippen LogP contribution in [0.4, 0.5) is 0 Å². The van der Waals surface area contributed by atoms with Crippen molar-refractivity contribution in [2.45, 2.75) is 10.7 Å². The minimum absolute atomic E-state index is 0.104. The number of aromatic nitrogens is 2. The van der Waals surface area contributed by atoms with E-state index in [0.29, 0.717) is 22.5 Å². The maximum Gasteiger partial charge on any atom is 0.294 e. The highest BCUT2D eigenvalue weighted by molar-refractivity contribution is 9.09. The van der Waals surface area contributed by atoms with Gasteiger partial charge in [0.25, 0.3) is 22.4 Å². The monoisotopic (exact) mass is 400 g/mol. The number of benzene rings is 1. The number of hydrogen-bond acceptors (Lipinski definition) is 3. The standard InChI is InChI=1S/C13H10Br2N2O3/c1-2-5-20-9-3-4-10-11(6-9)17(19)13(8-15)12(7-14)16(10)18/h1,3-4,6H,5,7-8H2. The van der Waals surface area contributed by atoms with Crippen LogP contribution in [0.5, 0.6) is 5.75 Å². The lowest BCUT2D eigenvalue weighted by Crippen LogP contribution is -2.45. The van der Waals surface area contributed by atoms with Gasteiger partial charge in [-0.2, -0.15) is 9.46 Å². The van der Waals surface area contributed by atoms with E-state index < -0.39 is 0 Å². The summed E-state index contributed by atoms with van der Waals surface area (Å²) in [7, 11) is 0. The highest BCUT2D eigenvalue weighted by Crippen LogP contribution is 2.19. The third-order valence-corrected chi connectivity index (χ3v) is 3.85. The average Bonchev–Trinajstić information content (AvgIpc) is 2.48. The van der Waals surface area contributed by atoms with Crippen LogP contribution >= 0.6 is 31.9 Å². The number of halogens is 2. The zero-order valence-corrected chi connectivity index (χ0v) is 13.5. The largest absolute Gasteiger partial charge is 0.618 e. The van der Waals surface area contributed by atoms with E-state index in [0.717, 1.165) is 9.46 Å². The summed E-state index contributed by atoms with van der Waals surface area (Å²) in [5, 5.41) is 25.2. The fraction of sp³-hybridized carbons (Fsp3) is 0.231. The lowest BCUT2D eigenvalue weighted by Gasteiger charge is -2.11. The number of alkyl halides is 2. The third-order valence-electron chi connectivity index (χ3n) is 2.78. The van der Waals surface area contributed by atoms with E-state index in [1.807, 2.05) is 0 Å². The molecular formula is C13H10Br2N2O3. The zero-order chi connectivity index (χ0) is 14.7. The molecule has 1 aromatic carbocycles. The Labute approximate surface area is 132 Å². The fourth-order valence-corrected chi connectivity index (χ4v) is 2.94. The Morgan fingerprint density at radius 3 is 2.25 bits per heavy atom. The van der Waals surface area contributed by atoms with Crippen molar-refractivity contribution >= 4 is 42.9 Å². The maximum atomic E-state index is 12.3. The molecule has 104 valence electrons. The van der Waals surface area contributed by atoms with Crippen molar-refractivity contribution in [2.75, 3.05) is 6.61 Å². The van der Waals surface area contributed by atoms with Gasteiger partial charge in [-0.3, -0.25) is 0 Å². The van der Waals surface area contributed by atoms with Gasteiger partial charge in [0.1, 0.15) is 12.4 Å². The number of fused-ring (bicyclic) bond motifs is 1. The SMILES string of the molecule is C#CCOc1ccc2c(c1)[n+]([O-])c(CBr)c(CBr)[n+]2[O-]. The fourth-order valence-electron chi connectivity index (χ4n) is 1.84. The maximum absolute atomic E-state index is 12.3. The summed E-state index contributed by atoms with van der Waals surface area (Å²) in [6.45, 7) is 0.104. The lowest BCUT2D eigenvalue weighted by molar-refractivity contribution is -0.638. The molecule has 0 N–H and O–H groups in total. The normalized spacial score (nSPS) is 10.4. The summed E-state index contributed by atoms with van der Waals surface area (Å²) in [6, 6.07) is 4.67. The predicted molar refractivity (Wildman–Crippen MR) is 81.5 cm³/mol. The molecular weight excluding hydrogens is 392 g/mol. The summed E-state index contributed by atoms with van der Waals surface area (Å²) < 4.78 is 6.75. The first kappa shape index (κ1) is 14.9. The van der Waals surface area contributed by atoms with Crippen molar-refractivity contribution in [2.24, 2.45) is 0 Å². The third kappa shape index (κ3) is 2.53. The smallest absolute Gasteiger partial charge is 0.294 e. The molecule has 20 heavy (non-hydrogen) atoms. The summed E-state index contributed by atoms with van der Waals surface area (Å²) in [6.07, 6.45) is 5.12. The van der Waals surface area contributed by atoms with E-state index >= 15 is 0 Å². The number of hydrogen-bond donors (Lipinski definition) is 0. The van der Waals surface area contributed by atoms with Gasteiger partial charge >= 0.3 is 0 Å². The molecule has 2 rings (SSSR count). The van der Waals surface area contributed by atoms with E-state index in [9.17, 15) is 10.4 Å². The highest BCUT2D eigenvalue weighted by Gasteiger charge is 2.26. The first-order valence-electron chi connectivity index (χ1n) is 5.62. The molecule has 0 aliphatic heterocycles. The van der Waals surface area contributed by atoms with E-state index in [-0.39, 0.29) is 23.0 Å². The van der Waals surface area contributed by atoms with Crippen LogP contribution in [0.2, 0.25) is 0 Å². The second-order valence-corrected chi connectivity index (χ2v) is 5.01. The van der Waals surface area contributed by atoms with Gasteiger partial charge in [-0.05, 0) is 6.07 Å². The van der Waals surface area contributed by atoms with Crippen LogP contribution in [0.1, 0.15) is 11.4 Å². The molecule has 1 aromatic heterocycles. The average molecular weight is 402 g/mol. The topological polar surface area (TPSA) is 63.1 Å². The van der Waals surface area contributed by atoms with E-state index in [4.69, 9.17) is 11.2 Å². The second-order valence-electron chi connectivity index (χ2n) is 3.89. The van der Waals surface area contributed by atoms with Gasteiger partial charge in [0.15, 0.2) is 0 Å². The Bertz CT molecular complexity index is 698. The predicted octanol–water partition coefficient (Wildman–Crippen LogP) is 1.91. The van der Waals surface area contributed by atoms with E-state index in [1.54, 1.807) is 12.1 Å². The molecule has 0 bridgehead atoms. The second kappa shape index (κ2) is 6.29. The molecule has 0 unspecified atom stereocenters. The number of ether oxygens (including phenoxy) is 1. The molecule has 0 aliphatic carbocycles. The van der Waals surface area contributed by atoms with Crippen LogP contribution in [-0.2, 0) is 10.7 Å². The molecule has 0 fully saturated rings. The molecule has 0 spiro atoms. The van der Waals surface area contributed by atoms with Gasteiger partial charge in [-0.1, -0.05) is 37.8 Å². The molecule has 0 radical (unpaired) electrons. The lowest BCUT2D eigenvalue weighted by atomic mass is 10.2. The van der Waals surface area contributed by atoms with Crippen molar-refractivity contribution in [1.29, 1.82) is 0 Å². The van der Waals surface area contributed by atoms with Crippen molar-refractivity contribution in [1.82, 2.24) is 0 Å². The minimum Gasteiger partial charge on any atom is -0.618 e. The van der Waals surface area contributed by atoms with E-state index in [2.05, 4.69) is 37.8 Å². The summed E-state index contributed by atoms with van der Waals surface area (Å²) in [5.74, 6) is 2.79. The Hall–Kier alpha value is -1.52. The van der Waals surface area contributed by atoms with Crippen LogP contribution in [0.25, 0.3) is 11.0 Å². The van der Waals surface area contributed by atoms with Gasteiger partial charge in [0, 0.05) is 6.07 Å². The Morgan fingerprint density at radius 1 is 1.10 bits per heavy atom. The number of terminal acetylenes is 1. The highest BCUT2D eigenvalue weighted by atomic mass is 79.9. The zero-order valence-electron chi connectivity index (χ0n) is 10.3. The van der Waals surface area contributed by atoms with E-state index in [1.165, 1.54) is 6.07 Å². The first-order chi connectivity index (χ1) is 9.63. The Kier molecular flexibility index (Phi) is 4.68. The van der Waals surface area contributed by atoms with Gasteiger partial charge < -0.3 is 15.2 Å². The Balaban J connectivity index is 2.70. The van der Waals surface area contributed by atoms with Gasteiger partial charge in [-0.15, -0.1) is 6.42 Å². The van der Waals surface area contributed by atoms with Crippen LogP contribution in [0.15, 0.2) is 18.2 Å². The van der Waals surface area contributed by atoms with Crippen LogP contribution in [0.3, 0.4) is 0 Å². The van der Waals surface area contributed by atoms with Gasteiger partial charge in [0.05, 0.1) is 16.7 Å². The van der Waals surface area contributed by atoms with Crippen molar-refractivity contribution < 1.29 is 14.2 Å². The van der Waals surface area contributed by atoms with Gasteiger partial charge in [-0.25, -0.2) is 0 Å².